The number of rotatable bonds is 8. The maximum absolute atomic E-state index is 13.1. The Morgan fingerprint density at radius 3 is 2.43 bits per heavy atom. The third-order valence-electron chi connectivity index (χ3n) is 5.19. The molecule has 2 amide bonds. The van der Waals surface area contributed by atoms with Gasteiger partial charge in [-0.25, -0.2) is 4.39 Å². The molecule has 1 aromatic rings. The van der Waals surface area contributed by atoms with Gasteiger partial charge < -0.3 is 20.9 Å². The number of amides is 2. The lowest BCUT2D eigenvalue weighted by Gasteiger charge is -2.35. The first-order valence-corrected chi connectivity index (χ1v) is 9.74. The number of benzene rings is 1. The summed E-state index contributed by atoms with van der Waals surface area (Å²) in [5.74, 6) is -0.473. The normalized spacial score (nSPS) is 18.6. The SMILES string of the molecule is C=C([C@@H](NC(=O)[C@H](C)NC)C(C)C)N1CCC[C@H]1C(=O)Nc1ccc(F)cc1. The predicted molar refractivity (Wildman–Crippen MR) is 109 cm³/mol. The van der Waals surface area contributed by atoms with Crippen molar-refractivity contribution < 1.29 is 14.0 Å². The van der Waals surface area contributed by atoms with Crippen LogP contribution in [0.5, 0.6) is 0 Å². The van der Waals surface area contributed by atoms with Crippen LogP contribution in [0.3, 0.4) is 0 Å². The van der Waals surface area contributed by atoms with Crippen LogP contribution in [0.1, 0.15) is 33.6 Å². The zero-order valence-corrected chi connectivity index (χ0v) is 17.1. The van der Waals surface area contributed by atoms with E-state index in [1.807, 2.05) is 18.7 Å². The fourth-order valence-electron chi connectivity index (χ4n) is 3.36. The number of carbonyl (C=O) groups excluding carboxylic acids is 2. The predicted octanol–water partition coefficient (Wildman–Crippen LogP) is 2.49. The van der Waals surface area contributed by atoms with Crippen molar-refractivity contribution in [3.05, 3.63) is 42.4 Å². The van der Waals surface area contributed by atoms with Crippen molar-refractivity contribution in [1.82, 2.24) is 15.5 Å². The van der Waals surface area contributed by atoms with Crippen LogP contribution in [0.2, 0.25) is 0 Å². The molecule has 0 aromatic heterocycles. The maximum Gasteiger partial charge on any atom is 0.247 e. The second kappa shape index (κ2) is 9.68. The van der Waals surface area contributed by atoms with Gasteiger partial charge in [-0.3, -0.25) is 9.59 Å². The molecule has 3 N–H and O–H groups in total. The number of anilines is 1. The molecule has 28 heavy (non-hydrogen) atoms. The van der Waals surface area contributed by atoms with E-state index in [0.717, 1.165) is 12.1 Å². The van der Waals surface area contributed by atoms with Gasteiger partial charge in [0.15, 0.2) is 0 Å². The molecule has 154 valence electrons. The Kier molecular flexibility index (Phi) is 7.57. The number of nitrogens with zero attached hydrogens (tertiary/aromatic N) is 1. The lowest BCUT2D eigenvalue weighted by molar-refractivity contribution is -0.123. The van der Waals surface area contributed by atoms with E-state index in [1.165, 1.54) is 24.3 Å². The Bertz CT molecular complexity index is 705. The van der Waals surface area contributed by atoms with E-state index in [1.54, 1.807) is 14.0 Å². The standard InChI is InChI=1S/C21H31FN4O2/c1-13(2)19(25-20(27)14(3)23-5)15(4)26-12-6-7-18(26)21(28)24-17-10-8-16(22)9-11-17/h8-11,13-14,18-19,23H,4,6-7,12H2,1-3,5H3,(H,24,28)(H,25,27)/t14-,18-,19-/m0/s1. The van der Waals surface area contributed by atoms with E-state index in [-0.39, 0.29) is 41.7 Å². The third kappa shape index (κ3) is 5.32. The van der Waals surface area contributed by atoms with Crippen LogP contribution in [-0.4, -0.2) is 48.4 Å². The topological polar surface area (TPSA) is 73.5 Å². The number of hydrogen-bond acceptors (Lipinski definition) is 4. The monoisotopic (exact) mass is 390 g/mol. The van der Waals surface area contributed by atoms with Gasteiger partial charge in [0.05, 0.1) is 12.1 Å². The first-order chi connectivity index (χ1) is 13.2. The molecule has 1 fully saturated rings. The van der Waals surface area contributed by atoms with Crippen molar-refractivity contribution in [3.63, 3.8) is 0 Å². The zero-order valence-electron chi connectivity index (χ0n) is 17.1. The fourth-order valence-corrected chi connectivity index (χ4v) is 3.36. The van der Waals surface area contributed by atoms with Crippen LogP contribution >= 0.6 is 0 Å². The summed E-state index contributed by atoms with van der Waals surface area (Å²) in [5.41, 5.74) is 1.30. The highest BCUT2D eigenvalue weighted by molar-refractivity contribution is 5.95. The molecule has 0 bridgehead atoms. The van der Waals surface area contributed by atoms with Crippen LogP contribution in [0, 0.1) is 11.7 Å². The van der Waals surface area contributed by atoms with Crippen LogP contribution in [0.4, 0.5) is 10.1 Å². The van der Waals surface area contributed by atoms with E-state index >= 15 is 0 Å². The molecule has 6 nitrogen and oxygen atoms in total. The van der Waals surface area contributed by atoms with Crippen molar-refractivity contribution >= 4 is 17.5 Å². The average molecular weight is 391 g/mol. The minimum absolute atomic E-state index is 0.103. The summed E-state index contributed by atoms with van der Waals surface area (Å²) < 4.78 is 13.1. The molecule has 1 heterocycles. The van der Waals surface area contributed by atoms with E-state index in [2.05, 4.69) is 22.5 Å². The summed E-state index contributed by atoms with van der Waals surface area (Å²) in [4.78, 5) is 27.1. The van der Waals surface area contributed by atoms with Crippen molar-refractivity contribution in [2.24, 2.45) is 5.92 Å². The number of halogens is 1. The van der Waals surface area contributed by atoms with E-state index in [4.69, 9.17) is 0 Å². The number of hydrogen-bond donors (Lipinski definition) is 3. The largest absolute Gasteiger partial charge is 0.362 e. The van der Waals surface area contributed by atoms with Crippen molar-refractivity contribution in [3.8, 4) is 0 Å². The number of carbonyl (C=O) groups is 2. The molecule has 3 atom stereocenters. The number of likely N-dealkylation sites (tertiary alicyclic amines) is 1. The Balaban J connectivity index is 2.09. The van der Waals surface area contributed by atoms with Crippen molar-refractivity contribution in [2.75, 3.05) is 18.9 Å². The van der Waals surface area contributed by atoms with E-state index < -0.39 is 0 Å². The van der Waals surface area contributed by atoms with Crippen molar-refractivity contribution in [1.29, 1.82) is 0 Å². The Hall–Kier alpha value is -2.41. The van der Waals surface area contributed by atoms with E-state index in [9.17, 15) is 14.0 Å². The van der Waals surface area contributed by atoms with Gasteiger partial charge in [-0.15, -0.1) is 0 Å². The third-order valence-corrected chi connectivity index (χ3v) is 5.19. The Morgan fingerprint density at radius 2 is 1.86 bits per heavy atom. The molecule has 2 rings (SSSR count). The highest BCUT2D eigenvalue weighted by Crippen LogP contribution is 2.27. The van der Waals surface area contributed by atoms with Crippen molar-refractivity contribution in [2.45, 2.75) is 51.7 Å². The fraction of sp³-hybridized carbons (Fsp3) is 0.524. The molecule has 1 aromatic carbocycles. The van der Waals surface area contributed by atoms with Gasteiger partial charge in [0.25, 0.3) is 0 Å². The molecule has 7 heteroatoms. The summed E-state index contributed by atoms with van der Waals surface area (Å²) in [6, 6.07) is 4.77. The molecule has 0 aliphatic carbocycles. The van der Waals surface area contributed by atoms with Gasteiger partial charge in [-0.1, -0.05) is 20.4 Å². The molecular formula is C21H31FN4O2. The first kappa shape index (κ1) is 21.9. The molecular weight excluding hydrogens is 359 g/mol. The summed E-state index contributed by atoms with van der Waals surface area (Å²) in [7, 11) is 1.74. The minimum atomic E-state index is -0.363. The van der Waals surface area contributed by atoms with Gasteiger partial charge in [0, 0.05) is 17.9 Å². The van der Waals surface area contributed by atoms with Gasteiger partial charge in [0.2, 0.25) is 11.8 Å². The van der Waals surface area contributed by atoms with Gasteiger partial charge in [-0.2, -0.15) is 0 Å². The molecule has 0 spiro atoms. The minimum Gasteiger partial charge on any atom is -0.362 e. The number of likely N-dealkylation sites (N-methyl/N-ethyl adjacent to an activating group) is 1. The van der Waals surface area contributed by atoms with Crippen LogP contribution in [0.25, 0.3) is 0 Å². The molecule has 1 aliphatic rings. The maximum atomic E-state index is 13.1. The smallest absolute Gasteiger partial charge is 0.247 e. The van der Waals surface area contributed by atoms with Gasteiger partial charge >= 0.3 is 0 Å². The highest BCUT2D eigenvalue weighted by Gasteiger charge is 2.35. The summed E-state index contributed by atoms with van der Waals surface area (Å²) in [5, 5.41) is 8.82. The van der Waals surface area contributed by atoms with Gasteiger partial charge in [0.1, 0.15) is 11.9 Å². The summed E-state index contributed by atoms with van der Waals surface area (Å²) in [6.45, 7) is 10.7. The molecule has 0 saturated carbocycles. The Morgan fingerprint density at radius 1 is 1.21 bits per heavy atom. The summed E-state index contributed by atoms with van der Waals surface area (Å²) in [6.07, 6.45) is 1.57. The first-order valence-electron chi connectivity index (χ1n) is 9.74. The molecule has 1 aliphatic heterocycles. The lowest BCUT2D eigenvalue weighted by Crippen LogP contribution is -2.51. The molecule has 0 unspecified atom stereocenters. The average Bonchev–Trinajstić information content (AvgIpc) is 3.16. The second-order valence-corrected chi connectivity index (χ2v) is 7.58. The lowest BCUT2D eigenvalue weighted by atomic mass is 9.99. The van der Waals surface area contributed by atoms with Crippen LogP contribution < -0.4 is 16.0 Å². The van der Waals surface area contributed by atoms with Crippen LogP contribution in [0.15, 0.2) is 36.5 Å². The highest BCUT2D eigenvalue weighted by atomic mass is 19.1. The summed E-state index contributed by atoms with van der Waals surface area (Å²) >= 11 is 0. The molecule has 0 radical (unpaired) electrons. The number of nitrogens with one attached hydrogen (secondary N) is 3. The second-order valence-electron chi connectivity index (χ2n) is 7.58. The Labute approximate surface area is 166 Å². The van der Waals surface area contributed by atoms with Crippen LogP contribution in [-0.2, 0) is 9.59 Å². The quantitative estimate of drug-likeness (QED) is 0.638. The zero-order chi connectivity index (χ0) is 20.8. The molecule has 1 saturated heterocycles. The van der Waals surface area contributed by atoms with E-state index in [0.29, 0.717) is 18.7 Å². The van der Waals surface area contributed by atoms with Gasteiger partial charge in [-0.05, 0) is 57.0 Å².